The molecule has 0 bridgehead atoms. The van der Waals surface area contributed by atoms with Crippen molar-refractivity contribution in [3.05, 3.63) is 58.1 Å². The average molecular weight is 428 g/mol. The number of amides is 1. The number of benzene rings is 2. The molecule has 2 aromatic carbocycles. The largest absolute Gasteiger partial charge is 0.452 e. The average Bonchev–Trinajstić information content (AvgIpc) is 2.66. The first kappa shape index (κ1) is 21.6. The zero-order valence-electron chi connectivity index (χ0n) is 14.4. The van der Waals surface area contributed by atoms with Crippen LogP contribution in [-0.2, 0) is 9.53 Å². The van der Waals surface area contributed by atoms with Gasteiger partial charge in [-0.1, -0.05) is 23.9 Å². The number of nitrogens with zero attached hydrogens (tertiary/aromatic N) is 1. The van der Waals surface area contributed by atoms with Crippen molar-refractivity contribution in [2.75, 3.05) is 18.2 Å². The minimum atomic E-state index is -2.66. The van der Waals surface area contributed by atoms with Gasteiger partial charge in [0.25, 0.3) is 17.4 Å². The Kier molecular flexibility index (Phi) is 7.76. The zero-order valence-corrected chi connectivity index (χ0v) is 16.0. The number of thioether (sulfide) groups is 2. The summed E-state index contributed by atoms with van der Waals surface area (Å²) in [6.45, 7) is -0.676. The number of carbonyl (C=O) groups is 2. The van der Waals surface area contributed by atoms with Gasteiger partial charge in [0.1, 0.15) is 0 Å². The Balaban J connectivity index is 2.01. The summed E-state index contributed by atoms with van der Waals surface area (Å²) in [6.07, 6.45) is 1.66. The SMILES string of the molecule is CSc1ccc(C(=O)OCC(=O)Nc2ccccc2SC(F)F)cc1[N+](=O)[O-]. The van der Waals surface area contributed by atoms with E-state index in [0.717, 1.165) is 17.8 Å². The molecule has 0 spiro atoms. The van der Waals surface area contributed by atoms with Gasteiger partial charge in [0.15, 0.2) is 6.61 Å². The van der Waals surface area contributed by atoms with Gasteiger partial charge in [0.2, 0.25) is 0 Å². The van der Waals surface area contributed by atoms with E-state index in [0.29, 0.717) is 4.90 Å². The maximum absolute atomic E-state index is 12.6. The fourth-order valence-electron chi connectivity index (χ4n) is 2.13. The standard InChI is InChI=1S/C17H14F2N2O5S2/c1-27-14-7-6-10(8-12(14)21(24)25)16(23)26-9-15(22)20-11-4-2-3-5-13(11)28-17(18)19/h2-8,17H,9H2,1H3,(H,20,22). The van der Waals surface area contributed by atoms with Crippen LogP contribution < -0.4 is 5.32 Å². The van der Waals surface area contributed by atoms with Crippen LogP contribution in [0, 0.1) is 10.1 Å². The van der Waals surface area contributed by atoms with Gasteiger partial charge in [-0.05, 0) is 30.5 Å². The molecule has 0 heterocycles. The Bertz CT molecular complexity index is 896. The second kappa shape index (κ2) is 10.0. The lowest BCUT2D eigenvalue weighted by atomic mass is 10.2. The third-order valence-corrected chi connectivity index (χ3v) is 4.90. The smallest absolute Gasteiger partial charge is 0.338 e. The van der Waals surface area contributed by atoms with Gasteiger partial charge >= 0.3 is 5.97 Å². The van der Waals surface area contributed by atoms with Crippen LogP contribution in [0.15, 0.2) is 52.3 Å². The van der Waals surface area contributed by atoms with Crippen LogP contribution in [0.4, 0.5) is 20.2 Å². The highest BCUT2D eigenvalue weighted by Crippen LogP contribution is 2.31. The Morgan fingerprint density at radius 2 is 1.93 bits per heavy atom. The van der Waals surface area contributed by atoms with E-state index in [1.807, 2.05) is 0 Å². The highest BCUT2D eigenvalue weighted by Gasteiger charge is 2.19. The van der Waals surface area contributed by atoms with Gasteiger partial charge in [0.05, 0.1) is 21.1 Å². The fourth-order valence-corrected chi connectivity index (χ4v) is 3.27. The van der Waals surface area contributed by atoms with E-state index in [-0.39, 0.29) is 33.6 Å². The van der Waals surface area contributed by atoms with Gasteiger partial charge < -0.3 is 10.1 Å². The van der Waals surface area contributed by atoms with E-state index in [2.05, 4.69) is 5.32 Å². The number of carbonyl (C=O) groups excluding carboxylic acids is 2. The molecule has 2 rings (SSSR count). The molecule has 0 fully saturated rings. The Hall–Kier alpha value is -2.66. The van der Waals surface area contributed by atoms with Crippen molar-refractivity contribution in [3.8, 4) is 0 Å². The summed E-state index contributed by atoms with van der Waals surface area (Å²) in [5.74, 6) is -4.30. The van der Waals surface area contributed by atoms with E-state index in [4.69, 9.17) is 4.74 Å². The predicted octanol–water partition coefficient (Wildman–Crippen LogP) is 4.43. The summed E-state index contributed by atoms with van der Waals surface area (Å²) in [4.78, 5) is 35.0. The Morgan fingerprint density at radius 3 is 2.57 bits per heavy atom. The van der Waals surface area contributed by atoms with Gasteiger partial charge in [-0.3, -0.25) is 14.9 Å². The second-order valence-corrected chi connectivity index (χ2v) is 7.02. The third-order valence-electron chi connectivity index (χ3n) is 3.32. The quantitative estimate of drug-likeness (QED) is 0.287. The van der Waals surface area contributed by atoms with Crippen molar-refractivity contribution in [1.29, 1.82) is 0 Å². The van der Waals surface area contributed by atoms with Crippen LogP contribution in [0.5, 0.6) is 0 Å². The molecule has 0 saturated carbocycles. The molecular weight excluding hydrogens is 414 g/mol. The minimum Gasteiger partial charge on any atom is -0.452 e. The number of hydrogen-bond acceptors (Lipinski definition) is 7. The summed E-state index contributed by atoms with van der Waals surface area (Å²) >= 11 is 1.43. The number of para-hydroxylation sites is 1. The first-order valence-corrected chi connectivity index (χ1v) is 9.75. The predicted molar refractivity (Wildman–Crippen MR) is 102 cm³/mol. The minimum absolute atomic E-state index is 0.0778. The third kappa shape index (κ3) is 5.92. The second-order valence-electron chi connectivity index (χ2n) is 5.14. The summed E-state index contributed by atoms with van der Waals surface area (Å²) in [5.41, 5.74) is -0.163. The lowest BCUT2D eigenvalue weighted by Crippen LogP contribution is -2.21. The number of rotatable bonds is 8. The maximum atomic E-state index is 12.6. The van der Waals surface area contributed by atoms with Crippen LogP contribution in [0.3, 0.4) is 0 Å². The molecule has 0 radical (unpaired) electrons. The number of nitro groups is 1. The highest BCUT2D eigenvalue weighted by molar-refractivity contribution is 7.99. The first-order valence-electron chi connectivity index (χ1n) is 7.65. The monoisotopic (exact) mass is 428 g/mol. The molecule has 0 atom stereocenters. The van der Waals surface area contributed by atoms with E-state index < -0.39 is 29.2 Å². The lowest BCUT2D eigenvalue weighted by Gasteiger charge is -2.10. The highest BCUT2D eigenvalue weighted by atomic mass is 32.2. The topological polar surface area (TPSA) is 98.5 Å². The van der Waals surface area contributed by atoms with Crippen molar-refractivity contribution >= 4 is 46.8 Å². The molecule has 1 N–H and O–H groups in total. The molecular formula is C17H14F2N2O5S2. The van der Waals surface area contributed by atoms with Crippen LogP contribution in [-0.4, -0.2) is 35.4 Å². The summed E-state index contributed by atoms with van der Waals surface area (Å²) in [5, 5.41) is 13.4. The Labute approximate surface area is 167 Å². The number of nitrogens with one attached hydrogen (secondary N) is 1. The molecule has 11 heteroatoms. The van der Waals surface area contributed by atoms with Crippen molar-refractivity contribution in [1.82, 2.24) is 0 Å². The van der Waals surface area contributed by atoms with E-state index >= 15 is 0 Å². The van der Waals surface area contributed by atoms with Crippen molar-refractivity contribution in [3.63, 3.8) is 0 Å². The van der Waals surface area contributed by atoms with Crippen LogP contribution in [0.25, 0.3) is 0 Å². The van der Waals surface area contributed by atoms with E-state index in [1.54, 1.807) is 18.4 Å². The normalized spacial score (nSPS) is 10.6. The number of halogens is 2. The molecule has 0 aromatic heterocycles. The van der Waals surface area contributed by atoms with Crippen LogP contribution in [0.1, 0.15) is 10.4 Å². The number of anilines is 1. The first-order chi connectivity index (χ1) is 13.3. The molecule has 0 aliphatic rings. The summed E-state index contributed by atoms with van der Waals surface area (Å²) in [6, 6.07) is 9.81. The van der Waals surface area contributed by atoms with Crippen molar-refractivity contribution < 1.29 is 28.0 Å². The molecule has 0 aliphatic carbocycles. The van der Waals surface area contributed by atoms with Gasteiger partial charge in [0, 0.05) is 11.0 Å². The molecule has 0 unspecified atom stereocenters. The number of ether oxygens (including phenoxy) is 1. The van der Waals surface area contributed by atoms with Crippen LogP contribution >= 0.6 is 23.5 Å². The maximum Gasteiger partial charge on any atom is 0.338 e. The van der Waals surface area contributed by atoms with Crippen molar-refractivity contribution in [2.24, 2.45) is 0 Å². The Morgan fingerprint density at radius 1 is 1.21 bits per heavy atom. The van der Waals surface area contributed by atoms with Gasteiger partial charge in [-0.2, -0.15) is 8.78 Å². The molecule has 148 valence electrons. The number of hydrogen-bond donors (Lipinski definition) is 1. The molecule has 2 aromatic rings. The number of nitro benzene ring substituents is 1. The number of alkyl halides is 2. The van der Waals surface area contributed by atoms with Crippen molar-refractivity contribution in [2.45, 2.75) is 15.5 Å². The lowest BCUT2D eigenvalue weighted by molar-refractivity contribution is -0.387. The van der Waals surface area contributed by atoms with Crippen LogP contribution in [0.2, 0.25) is 0 Å². The molecule has 28 heavy (non-hydrogen) atoms. The fraction of sp³-hybridized carbons (Fsp3) is 0.176. The molecule has 1 amide bonds. The number of esters is 1. The molecule has 0 saturated heterocycles. The molecule has 7 nitrogen and oxygen atoms in total. The van der Waals surface area contributed by atoms with Gasteiger partial charge in [-0.25, -0.2) is 4.79 Å². The molecule has 0 aliphatic heterocycles. The van der Waals surface area contributed by atoms with E-state index in [9.17, 15) is 28.5 Å². The summed E-state index contributed by atoms with van der Waals surface area (Å²) in [7, 11) is 0. The van der Waals surface area contributed by atoms with E-state index in [1.165, 1.54) is 24.3 Å². The zero-order chi connectivity index (χ0) is 20.7. The summed E-state index contributed by atoms with van der Waals surface area (Å²) < 4.78 is 30.0. The van der Waals surface area contributed by atoms with Gasteiger partial charge in [-0.15, -0.1) is 11.8 Å².